The fourth-order valence-electron chi connectivity index (χ4n) is 3.26. The van der Waals surface area contributed by atoms with E-state index in [1.54, 1.807) is 6.20 Å². The molecule has 0 radical (unpaired) electrons. The monoisotopic (exact) mass is 383 g/mol. The summed E-state index contributed by atoms with van der Waals surface area (Å²) >= 11 is 0. The number of aromatic nitrogens is 3. The molecule has 1 aliphatic heterocycles. The Morgan fingerprint density at radius 2 is 1.96 bits per heavy atom. The number of H-pyrrole nitrogens is 1. The summed E-state index contributed by atoms with van der Waals surface area (Å²) in [6.07, 6.45) is 7.04. The Morgan fingerprint density at radius 1 is 1.11 bits per heavy atom. The lowest BCUT2D eigenvalue weighted by Gasteiger charge is -2.16. The van der Waals surface area contributed by atoms with Gasteiger partial charge in [0.1, 0.15) is 0 Å². The van der Waals surface area contributed by atoms with E-state index in [1.165, 1.54) is 5.56 Å². The SMILES string of the molecule is Cl.O=C1CCCN1c1ccc(CNCc2cn[nH]c2-c2cccnc2)cc1. The molecule has 3 heterocycles. The van der Waals surface area contributed by atoms with Crippen LogP contribution >= 0.6 is 12.4 Å². The van der Waals surface area contributed by atoms with Crippen molar-refractivity contribution in [3.63, 3.8) is 0 Å². The topological polar surface area (TPSA) is 73.9 Å². The van der Waals surface area contributed by atoms with Crippen molar-refractivity contribution in [3.05, 3.63) is 66.1 Å². The van der Waals surface area contributed by atoms with Crippen LogP contribution in [0.2, 0.25) is 0 Å². The molecule has 3 aromatic rings. The smallest absolute Gasteiger partial charge is 0.227 e. The Balaban J connectivity index is 0.00000210. The summed E-state index contributed by atoms with van der Waals surface area (Å²) < 4.78 is 0. The van der Waals surface area contributed by atoms with E-state index < -0.39 is 0 Å². The molecule has 1 aromatic carbocycles. The molecule has 27 heavy (non-hydrogen) atoms. The maximum atomic E-state index is 11.8. The van der Waals surface area contributed by atoms with Gasteiger partial charge in [-0.05, 0) is 36.2 Å². The molecule has 140 valence electrons. The minimum absolute atomic E-state index is 0. The van der Waals surface area contributed by atoms with Crippen molar-refractivity contribution in [2.45, 2.75) is 25.9 Å². The van der Waals surface area contributed by atoms with Crippen LogP contribution in [0.25, 0.3) is 11.3 Å². The zero-order valence-corrected chi connectivity index (χ0v) is 15.7. The predicted octanol–water partition coefficient (Wildman–Crippen LogP) is 3.31. The highest BCUT2D eigenvalue weighted by Gasteiger charge is 2.21. The van der Waals surface area contributed by atoms with Gasteiger partial charge in [-0.2, -0.15) is 5.10 Å². The Labute approximate surface area is 164 Å². The first kappa shape index (κ1) is 19.1. The third kappa shape index (κ3) is 4.35. The van der Waals surface area contributed by atoms with E-state index in [9.17, 15) is 4.79 Å². The number of carbonyl (C=O) groups is 1. The van der Waals surface area contributed by atoms with Crippen LogP contribution in [0, 0.1) is 0 Å². The lowest BCUT2D eigenvalue weighted by atomic mass is 10.1. The van der Waals surface area contributed by atoms with Crippen LogP contribution in [-0.4, -0.2) is 27.6 Å². The number of anilines is 1. The number of halogens is 1. The third-order valence-electron chi connectivity index (χ3n) is 4.63. The number of pyridine rings is 1. The molecule has 0 saturated carbocycles. The molecule has 1 amide bonds. The fourth-order valence-corrected chi connectivity index (χ4v) is 3.26. The number of carbonyl (C=O) groups excluding carboxylic acids is 1. The summed E-state index contributed by atoms with van der Waals surface area (Å²) in [5.74, 6) is 0.221. The van der Waals surface area contributed by atoms with E-state index >= 15 is 0 Å². The van der Waals surface area contributed by atoms with Crippen molar-refractivity contribution >= 4 is 24.0 Å². The minimum atomic E-state index is 0. The van der Waals surface area contributed by atoms with Crippen LogP contribution in [0.1, 0.15) is 24.0 Å². The lowest BCUT2D eigenvalue weighted by Crippen LogP contribution is -2.23. The van der Waals surface area contributed by atoms with Gasteiger partial charge in [-0.15, -0.1) is 12.4 Å². The van der Waals surface area contributed by atoms with E-state index in [1.807, 2.05) is 41.6 Å². The zero-order valence-electron chi connectivity index (χ0n) is 14.9. The van der Waals surface area contributed by atoms with Gasteiger partial charge in [0, 0.05) is 55.3 Å². The molecule has 0 aliphatic carbocycles. The minimum Gasteiger partial charge on any atom is -0.312 e. The molecular weight excluding hydrogens is 362 g/mol. The van der Waals surface area contributed by atoms with Crippen LogP contribution in [0.15, 0.2) is 55.0 Å². The Kier molecular flexibility index (Phi) is 6.21. The van der Waals surface area contributed by atoms with Crippen LogP contribution in [0.4, 0.5) is 5.69 Å². The van der Waals surface area contributed by atoms with Crippen molar-refractivity contribution in [1.82, 2.24) is 20.5 Å². The number of rotatable bonds is 6. The van der Waals surface area contributed by atoms with E-state index in [-0.39, 0.29) is 18.3 Å². The molecule has 0 unspecified atom stereocenters. The molecular formula is C20H22ClN5O. The van der Waals surface area contributed by atoms with Crippen molar-refractivity contribution < 1.29 is 4.79 Å². The highest BCUT2D eigenvalue weighted by atomic mass is 35.5. The van der Waals surface area contributed by atoms with Gasteiger partial charge >= 0.3 is 0 Å². The normalized spacial score (nSPS) is 13.6. The first-order valence-corrected chi connectivity index (χ1v) is 8.84. The van der Waals surface area contributed by atoms with Crippen molar-refractivity contribution in [2.24, 2.45) is 0 Å². The summed E-state index contributed by atoms with van der Waals surface area (Å²) in [5.41, 5.74) is 5.31. The van der Waals surface area contributed by atoms with Crippen LogP contribution in [0.5, 0.6) is 0 Å². The number of benzene rings is 1. The van der Waals surface area contributed by atoms with Gasteiger partial charge in [0.2, 0.25) is 5.91 Å². The number of hydrogen-bond donors (Lipinski definition) is 2. The molecule has 4 rings (SSSR count). The van der Waals surface area contributed by atoms with Crippen LogP contribution in [-0.2, 0) is 17.9 Å². The van der Waals surface area contributed by atoms with Crippen LogP contribution in [0.3, 0.4) is 0 Å². The van der Waals surface area contributed by atoms with Gasteiger partial charge in [0.15, 0.2) is 0 Å². The summed E-state index contributed by atoms with van der Waals surface area (Å²) in [6.45, 7) is 2.30. The standard InChI is InChI=1S/C20H21N5O.ClH/c26-19-4-2-10-25(19)18-7-5-15(6-8-18)11-22-13-17-14-23-24-20(17)16-3-1-9-21-12-16;/h1,3,5-9,12,14,22H,2,4,10-11,13H2,(H,23,24);1H. The number of nitrogens with one attached hydrogen (secondary N) is 2. The third-order valence-corrected chi connectivity index (χ3v) is 4.63. The predicted molar refractivity (Wildman–Crippen MR) is 108 cm³/mol. The number of aromatic amines is 1. The molecule has 0 spiro atoms. The maximum Gasteiger partial charge on any atom is 0.227 e. The summed E-state index contributed by atoms with van der Waals surface area (Å²) in [6, 6.07) is 12.1. The van der Waals surface area contributed by atoms with E-state index in [0.29, 0.717) is 13.0 Å². The van der Waals surface area contributed by atoms with Gasteiger partial charge < -0.3 is 10.2 Å². The highest BCUT2D eigenvalue weighted by Crippen LogP contribution is 2.22. The first-order valence-electron chi connectivity index (χ1n) is 8.84. The van der Waals surface area contributed by atoms with E-state index in [0.717, 1.165) is 42.0 Å². The van der Waals surface area contributed by atoms with Gasteiger partial charge in [0.25, 0.3) is 0 Å². The Bertz CT molecular complexity index is 879. The maximum absolute atomic E-state index is 11.8. The highest BCUT2D eigenvalue weighted by molar-refractivity contribution is 5.95. The summed E-state index contributed by atoms with van der Waals surface area (Å²) in [4.78, 5) is 17.8. The molecule has 6 nitrogen and oxygen atoms in total. The quantitative estimate of drug-likeness (QED) is 0.684. The molecule has 1 saturated heterocycles. The Hall–Kier alpha value is -2.70. The van der Waals surface area contributed by atoms with Gasteiger partial charge in [-0.3, -0.25) is 14.9 Å². The number of nitrogens with zero attached hydrogens (tertiary/aromatic N) is 3. The molecule has 1 fully saturated rings. The second-order valence-electron chi connectivity index (χ2n) is 6.43. The van der Waals surface area contributed by atoms with Gasteiger partial charge in [-0.1, -0.05) is 12.1 Å². The second kappa shape index (κ2) is 8.79. The van der Waals surface area contributed by atoms with E-state index in [4.69, 9.17) is 0 Å². The average molecular weight is 384 g/mol. The van der Waals surface area contributed by atoms with Crippen molar-refractivity contribution in [3.8, 4) is 11.3 Å². The molecule has 2 N–H and O–H groups in total. The lowest BCUT2D eigenvalue weighted by molar-refractivity contribution is -0.117. The number of amides is 1. The van der Waals surface area contributed by atoms with Gasteiger partial charge in [-0.25, -0.2) is 0 Å². The molecule has 7 heteroatoms. The summed E-state index contributed by atoms with van der Waals surface area (Å²) in [5, 5.41) is 10.7. The van der Waals surface area contributed by atoms with Crippen molar-refractivity contribution in [2.75, 3.05) is 11.4 Å². The fraction of sp³-hybridized carbons (Fsp3) is 0.250. The van der Waals surface area contributed by atoms with Gasteiger partial charge in [0.05, 0.1) is 11.9 Å². The first-order chi connectivity index (χ1) is 12.8. The molecule has 1 aliphatic rings. The second-order valence-corrected chi connectivity index (χ2v) is 6.43. The average Bonchev–Trinajstić information content (AvgIpc) is 3.32. The Morgan fingerprint density at radius 3 is 2.67 bits per heavy atom. The summed E-state index contributed by atoms with van der Waals surface area (Å²) in [7, 11) is 0. The molecule has 0 atom stereocenters. The largest absolute Gasteiger partial charge is 0.312 e. The molecule has 2 aromatic heterocycles. The van der Waals surface area contributed by atoms with Crippen LogP contribution < -0.4 is 10.2 Å². The zero-order chi connectivity index (χ0) is 17.8. The van der Waals surface area contributed by atoms with E-state index in [2.05, 4.69) is 32.6 Å². The molecule has 0 bridgehead atoms. The van der Waals surface area contributed by atoms with Crippen molar-refractivity contribution in [1.29, 1.82) is 0 Å². The number of hydrogen-bond acceptors (Lipinski definition) is 4.